The van der Waals surface area contributed by atoms with Gasteiger partial charge in [-0.05, 0) is 45.2 Å². The monoisotopic (exact) mass is 605 g/mol. The summed E-state index contributed by atoms with van der Waals surface area (Å²) in [5.41, 5.74) is 15.7. The first-order chi connectivity index (χ1) is 23.2. The van der Waals surface area contributed by atoms with E-state index in [1.807, 2.05) is 54.6 Å². The van der Waals surface area contributed by atoms with E-state index < -0.39 is 0 Å². The second-order valence-corrected chi connectivity index (χ2v) is 11.6. The Hall–Kier alpha value is -6.26. The highest BCUT2D eigenvalue weighted by atomic mass is 16.3. The lowest BCUT2D eigenvalue weighted by Gasteiger charge is -2.08. The van der Waals surface area contributed by atoms with E-state index in [0.717, 1.165) is 60.9 Å². The molecule has 0 atom stereocenters. The molecule has 0 unspecified atom stereocenters. The number of nitrogens with two attached hydrogens (primary N) is 1. The summed E-state index contributed by atoms with van der Waals surface area (Å²) >= 11 is 0. The Bertz CT molecular complexity index is 2420. The topological polar surface area (TPSA) is 63.9 Å². The molecule has 224 valence electrons. The molecule has 4 nitrogen and oxygen atoms in total. The molecule has 4 heteroatoms. The Kier molecular flexibility index (Phi) is 7.37. The number of hydrogen-bond donors (Lipinski definition) is 1. The molecule has 1 aromatic heterocycles. The van der Waals surface area contributed by atoms with Crippen LogP contribution in [0.1, 0.15) is 16.7 Å². The number of nitrogens with zero attached hydrogens (tertiary/aromatic N) is 2. The van der Waals surface area contributed by atoms with Gasteiger partial charge in [0.25, 0.3) is 0 Å². The summed E-state index contributed by atoms with van der Waals surface area (Å²) < 4.78 is 6.55. The average molecular weight is 606 g/mol. The van der Waals surface area contributed by atoms with Gasteiger partial charge in [-0.3, -0.25) is 4.99 Å². The normalized spacial score (nSPS) is 12.3. The van der Waals surface area contributed by atoms with Crippen molar-refractivity contribution in [3.63, 3.8) is 0 Å². The van der Waals surface area contributed by atoms with Crippen molar-refractivity contribution >= 4 is 44.4 Å². The van der Waals surface area contributed by atoms with Gasteiger partial charge in [0, 0.05) is 27.5 Å². The molecular formula is C43H31N3O. The molecule has 0 saturated heterocycles. The van der Waals surface area contributed by atoms with Crippen molar-refractivity contribution in [2.24, 2.45) is 15.7 Å². The summed E-state index contributed by atoms with van der Waals surface area (Å²) in [5, 5.41) is 4.33. The van der Waals surface area contributed by atoms with Gasteiger partial charge in [-0.25, -0.2) is 4.99 Å². The van der Waals surface area contributed by atoms with Crippen LogP contribution in [0.3, 0.4) is 0 Å². The number of fused-ring (bicyclic) bond motifs is 4. The molecule has 0 bridgehead atoms. The third-order valence-electron chi connectivity index (χ3n) is 8.59. The quantitative estimate of drug-likeness (QED) is 0.151. The molecule has 8 aromatic rings. The standard InChI is InChI=1S/C43H31N3O/c44-42(46-43(45-28-29-11-3-1-4-12-29)33-24-21-32(22-25-33)30-13-5-2-6-14-30)38-19-10-20-39-40(38)37-18-9-17-36(41(37)47-39)35-26-23-31-15-7-8-16-34(31)27-35/h1-27H,28H2,(H2,44,45,46). The SMILES string of the molecule is N/C(=N\C(=N/Cc1ccccc1)c1ccc(-c2ccccc2)cc1)c1cccc2oc3c(-c4ccc5ccccc5c4)cccc3c12. The molecule has 0 fully saturated rings. The van der Waals surface area contributed by atoms with Crippen LogP contribution in [0.5, 0.6) is 0 Å². The number of hydrogen-bond acceptors (Lipinski definition) is 2. The lowest BCUT2D eigenvalue weighted by atomic mass is 9.98. The van der Waals surface area contributed by atoms with Crippen molar-refractivity contribution < 1.29 is 4.42 Å². The molecule has 0 aliphatic carbocycles. The van der Waals surface area contributed by atoms with Gasteiger partial charge in [0.1, 0.15) is 17.0 Å². The Balaban J connectivity index is 1.23. The number of rotatable bonds is 6. The van der Waals surface area contributed by atoms with Crippen LogP contribution in [0, 0.1) is 0 Å². The Morgan fingerprint density at radius 2 is 1.26 bits per heavy atom. The third kappa shape index (κ3) is 5.58. The fraction of sp³-hybridized carbons (Fsp3) is 0.0233. The highest BCUT2D eigenvalue weighted by molar-refractivity contribution is 6.21. The first-order valence-electron chi connectivity index (χ1n) is 15.7. The van der Waals surface area contributed by atoms with E-state index in [-0.39, 0.29) is 0 Å². The Morgan fingerprint density at radius 3 is 2.06 bits per heavy atom. The molecule has 47 heavy (non-hydrogen) atoms. The minimum absolute atomic E-state index is 0.383. The Labute approximate surface area is 273 Å². The Morgan fingerprint density at radius 1 is 0.574 bits per heavy atom. The van der Waals surface area contributed by atoms with Crippen LogP contribution in [0.2, 0.25) is 0 Å². The summed E-state index contributed by atoms with van der Waals surface area (Å²) in [6, 6.07) is 56.0. The number of amidine groups is 2. The molecule has 2 N–H and O–H groups in total. The summed E-state index contributed by atoms with van der Waals surface area (Å²) in [6.07, 6.45) is 0. The zero-order valence-corrected chi connectivity index (χ0v) is 25.7. The van der Waals surface area contributed by atoms with E-state index in [4.69, 9.17) is 20.1 Å². The van der Waals surface area contributed by atoms with Crippen LogP contribution < -0.4 is 5.73 Å². The van der Waals surface area contributed by atoms with Crippen LogP contribution in [0.4, 0.5) is 0 Å². The maximum Gasteiger partial charge on any atom is 0.157 e. The summed E-state index contributed by atoms with van der Waals surface area (Å²) in [7, 11) is 0. The van der Waals surface area contributed by atoms with Gasteiger partial charge in [0.05, 0.1) is 6.54 Å². The number of benzene rings is 7. The van der Waals surface area contributed by atoms with Crippen molar-refractivity contribution in [1.82, 2.24) is 0 Å². The fourth-order valence-corrected chi connectivity index (χ4v) is 6.20. The molecule has 0 amide bonds. The highest BCUT2D eigenvalue weighted by Gasteiger charge is 2.17. The second kappa shape index (κ2) is 12.3. The van der Waals surface area contributed by atoms with Crippen LogP contribution in [0.15, 0.2) is 178 Å². The van der Waals surface area contributed by atoms with Gasteiger partial charge in [0.15, 0.2) is 5.84 Å². The predicted molar refractivity (Wildman–Crippen MR) is 196 cm³/mol. The fourth-order valence-electron chi connectivity index (χ4n) is 6.20. The van der Waals surface area contributed by atoms with E-state index in [1.165, 1.54) is 10.8 Å². The van der Waals surface area contributed by atoms with E-state index in [9.17, 15) is 0 Å². The zero-order valence-electron chi connectivity index (χ0n) is 25.7. The predicted octanol–water partition coefficient (Wildman–Crippen LogP) is 10.4. The van der Waals surface area contributed by atoms with Gasteiger partial charge < -0.3 is 10.2 Å². The summed E-state index contributed by atoms with van der Waals surface area (Å²) in [5.74, 6) is 0.959. The first kappa shape index (κ1) is 28.2. The van der Waals surface area contributed by atoms with E-state index >= 15 is 0 Å². The third-order valence-corrected chi connectivity index (χ3v) is 8.59. The van der Waals surface area contributed by atoms with Crippen molar-refractivity contribution in [2.45, 2.75) is 6.54 Å². The van der Waals surface area contributed by atoms with Crippen molar-refractivity contribution in [3.05, 3.63) is 180 Å². The minimum Gasteiger partial charge on any atom is -0.455 e. The molecule has 0 radical (unpaired) electrons. The van der Waals surface area contributed by atoms with Gasteiger partial charge in [0.2, 0.25) is 0 Å². The molecule has 0 aliphatic heterocycles. The minimum atomic E-state index is 0.383. The van der Waals surface area contributed by atoms with Crippen molar-refractivity contribution in [2.75, 3.05) is 0 Å². The molecule has 1 heterocycles. The maximum absolute atomic E-state index is 6.88. The molecule has 7 aromatic carbocycles. The van der Waals surface area contributed by atoms with Gasteiger partial charge in [-0.15, -0.1) is 0 Å². The zero-order chi connectivity index (χ0) is 31.6. The number of aliphatic imine (C=N–C) groups is 2. The van der Waals surface area contributed by atoms with Crippen molar-refractivity contribution in [1.29, 1.82) is 0 Å². The van der Waals surface area contributed by atoms with Crippen molar-refractivity contribution in [3.8, 4) is 22.3 Å². The molecular weight excluding hydrogens is 574 g/mol. The summed E-state index contributed by atoms with van der Waals surface area (Å²) in [4.78, 5) is 9.96. The lowest BCUT2D eigenvalue weighted by molar-refractivity contribution is 0.670. The van der Waals surface area contributed by atoms with Gasteiger partial charge in [-0.2, -0.15) is 0 Å². The van der Waals surface area contributed by atoms with E-state index in [2.05, 4.69) is 109 Å². The van der Waals surface area contributed by atoms with Crippen LogP contribution in [-0.2, 0) is 6.54 Å². The van der Waals surface area contributed by atoms with E-state index in [0.29, 0.717) is 18.2 Å². The molecule has 8 rings (SSSR count). The molecule has 0 saturated carbocycles. The number of furan rings is 1. The number of para-hydroxylation sites is 1. The lowest BCUT2D eigenvalue weighted by Crippen LogP contribution is -2.17. The average Bonchev–Trinajstić information content (AvgIpc) is 3.53. The van der Waals surface area contributed by atoms with Crippen LogP contribution in [-0.4, -0.2) is 11.7 Å². The van der Waals surface area contributed by atoms with E-state index in [1.54, 1.807) is 0 Å². The smallest absolute Gasteiger partial charge is 0.157 e. The molecule has 0 spiro atoms. The molecule has 0 aliphatic rings. The van der Waals surface area contributed by atoms with Gasteiger partial charge >= 0.3 is 0 Å². The van der Waals surface area contributed by atoms with Gasteiger partial charge in [-0.1, -0.05) is 152 Å². The van der Waals surface area contributed by atoms with Crippen LogP contribution >= 0.6 is 0 Å². The second-order valence-electron chi connectivity index (χ2n) is 11.6. The summed E-state index contributed by atoms with van der Waals surface area (Å²) in [6.45, 7) is 0.487. The maximum atomic E-state index is 6.88. The largest absolute Gasteiger partial charge is 0.455 e. The highest BCUT2D eigenvalue weighted by Crippen LogP contribution is 2.38. The first-order valence-corrected chi connectivity index (χ1v) is 15.7. The van der Waals surface area contributed by atoms with Crippen LogP contribution in [0.25, 0.3) is 55.0 Å².